The molecule has 0 aromatic rings. The fourth-order valence-corrected chi connectivity index (χ4v) is 2.92. The third-order valence-electron chi connectivity index (χ3n) is 5.05. The van der Waals surface area contributed by atoms with Gasteiger partial charge in [-0.05, 0) is 44.1 Å². The molecule has 1 fully saturated rings. The van der Waals surface area contributed by atoms with Gasteiger partial charge in [-0.2, -0.15) is 0 Å². The number of carbonyl (C=O) groups is 2. The molecular weight excluding hydrogens is 322 g/mol. The molecule has 2 N–H and O–H groups in total. The Morgan fingerprint density at radius 2 is 1.56 bits per heavy atom. The van der Waals surface area contributed by atoms with Crippen molar-refractivity contribution >= 4 is 11.9 Å². The number of carboxylic acid groups (broad SMARTS) is 2. The molecule has 1 saturated heterocycles. The maximum Gasteiger partial charge on any atom is 0.332 e. The van der Waals surface area contributed by atoms with Crippen LogP contribution in [-0.2, 0) is 14.3 Å². The second-order valence-electron chi connectivity index (χ2n) is 7.26. The SMILES string of the molecule is CC(C)C(C)CC(C(=O)O)=C(CCCCCN1CCOCC1)C(=O)O. The van der Waals surface area contributed by atoms with Gasteiger partial charge in [-0.25, -0.2) is 9.59 Å². The van der Waals surface area contributed by atoms with E-state index in [9.17, 15) is 19.8 Å². The van der Waals surface area contributed by atoms with Gasteiger partial charge in [0.1, 0.15) is 0 Å². The summed E-state index contributed by atoms with van der Waals surface area (Å²) in [6.45, 7) is 10.5. The predicted molar refractivity (Wildman–Crippen MR) is 96.6 cm³/mol. The number of hydrogen-bond acceptors (Lipinski definition) is 4. The smallest absolute Gasteiger partial charge is 0.332 e. The molecule has 1 aliphatic rings. The first-order valence-corrected chi connectivity index (χ1v) is 9.31. The Morgan fingerprint density at radius 1 is 0.960 bits per heavy atom. The lowest BCUT2D eigenvalue weighted by Crippen LogP contribution is -2.36. The van der Waals surface area contributed by atoms with Crippen LogP contribution in [0.1, 0.15) is 52.9 Å². The van der Waals surface area contributed by atoms with Crippen LogP contribution < -0.4 is 0 Å². The van der Waals surface area contributed by atoms with E-state index in [1.807, 2.05) is 20.8 Å². The van der Waals surface area contributed by atoms with E-state index in [1.54, 1.807) is 0 Å². The van der Waals surface area contributed by atoms with Gasteiger partial charge in [0, 0.05) is 24.2 Å². The quantitative estimate of drug-likeness (QED) is 0.438. The monoisotopic (exact) mass is 355 g/mol. The minimum absolute atomic E-state index is 0.0712. The van der Waals surface area contributed by atoms with Gasteiger partial charge in [-0.3, -0.25) is 4.90 Å². The highest BCUT2D eigenvalue weighted by Crippen LogP contribution is 2.24. The zero-order valence-electron chi connectivity index (χ0n) is 15.8. The molecule has 0 aliphatic carbocycles. The van der Waals surface area contributed by atoms with Gasteiger partial charge in [0.15, 0.2) is 0 Å². The molecule has 0 amide bonds. The standard InChI is InChI=1S/C19H33NO5/c1-14(2)15(3)13-17(19(23)24)16(18(21)22)7-5-4-6-8-20-9-11-25-12-10-20/h14-15H,4-13H2,1-3H3,(H,21,22)(H,23,24). The molecule has 0 saturated carbocycles. The molecule has 0 aromatic carbocycles. The average molecular weight is 355 g/mol. The number of carboxylic acids is 2. The minimum atomic E-state index is -1.10. The number of hydrogen-bond donors (Lipinski definition) is 2. The summed E-state index contributed by atoms with van der Waals surface area (Å²) in [4.78, 5) is 25.5. The Morgan fingerprint density at radius 3 is 2.08 bits per heavy atom. The topological polar surface area (TPSA) is 87.1 Å². The first kappa shape index (κ1) is 21.6. The molecule has 0 bridgehead atoms. The van der Waals surface area contributed by atoms with Crippen molar-refractivity contribution in [3.8, 4) is 0 Å². The van der Waals surface area contributed by atoms with Crippen LogP contribution in [0.2, 0.25) is 0 Å². The van der Waals surface area contributed by atoms with E-state index >= 15 is 0 Å². The van der Waals surface area contributed by atoms with Gasteiger partial charge in [-0.15, -0.1) is 0 Å². The third kappa shape index (κ3) is 8.01. The highest BCUT2D eigenvalue weighted by Gasteiger charge is 2.23. The molecule has 25 heavy (non-hydrogen) atoms. The maximum atomic E-state index is 11.6. The molecular formula is C19H33NO5. The van der Waals surface area contributed by atoms with Crippen molar-refractivity contribution in [3.05, 3.63) is 11.1 Å². The van der Waals surface area contributed by atoms with Crippen LogP contribution in [0.4, 0.5) is 0 Å². The van der Waals surface area contributed by atoms with E-state index in [4.69, 9.17) is 4.74 Å². The van der Waals surface area contributed by atoms with E-state index in [2.05, 4.69) is 4.90 Å². The molecule has 144 valence electrons. The number of morpholine rings is 1. The van der Waals surface area contributed by atoms with Crippen molar-refractivity contribution < 1.29 is 24.5 Å². The largest absolute Gasteiger partial charge is 0.478 e. The number of ether oxygens (including phenoxy) is 1. The summed E-state index contributed by atoms with van der Waals surface area (Å²) in [5, 5.41) is 18.9. The molecule has 0 spiro atoms. The number of aliphatic carboxylic acids is 2. The fraction of sp³-hybridized carbons (Fsp3) is 0.789. The van der Waals surface area contributed by atoms with E-state index in [1.165, 1.54) is 0 Å². The highest BCUT2D eigenvalue weighted by atomic mass is 16.5. The van der Waals surface area contributed by atoms with Crippen LogP contribution in [0.15, 0.2) is 11.1 Å². The summed E-state index contributed by atoms with van der Waals surface area (Å²) >= 11 is 0. The molecule has 1 rings (SSSR count). The zero-order chi connectivity index (χ0) is 18.8. The predicted octanol–water partition coefficient (Wildman–Crippen LogP) is 3.03. The van der Waals surface area contributed by atoms with Crippen LogP contribution in [0.25, 0.3) is 0 Å². The lowest BCUT2D eigenvalue weighted by Gasteiger charge is -2.26. The number of rotatable bonds is 11. The van der Waals surface area contributed by atoms with Crippen molar-refractivity contribution in [2.24, 2.45) is 11.8 Å². The van der Waals surface area contributed by atoms with Crippen LogP contribution in [0, 0.1) is 11.8 Å². The van der Waals surface area contributed by atoms with E-state index < -0.39 is 11.9 Å². The number of nitrogens with zero attached hydrogens (tertiary/aromatic N) is 1. The van der Waals surface area contributed by atoms with Crippen molar-refractivity contribution in [1.82, 2.24) is 4.90 Å². The van der Waals surface area contributed by atoms with Crippen LogP contribution >= 0.6 is 0 Å². The van der Waals surface area contributed by atoms with Crippen molar-refractivity contribution in [2.75, 3.05) is 32.8 Å². The Kier molecular flexibility index (Phi) is 9.75. The molecule has 1 atom stereocenters. The second-order valence-corrected chi connectivity index (χ2v) is 7.26. The molecule has 6 nitrogen and oxygen atoms in total. The lowest BCUT2D eigenvalue weighted by atomic mass is 9.88. The van der Waals surface area contributed by atoms with E-state index in [0.29, 0.717) is 25.2 Å². The summed E-state index contributed by atoms with van der Waals surface area (Å²) in [6, 6.07) is 0. The summed E-state index contributed by atoms with van der Waals surface area (Å²) in [6.07, 6.45) is 3.24. The molecule has 0 aromatic heterocycles. The van der Waals surface area contributed by atoms with Gasteiger partial charge in [0.05, 0.1) is 13.2 Å². The van der Waals surface area contributed by atoms with Crippen LogP contribution in [-0.4, -0.2) is 59.9 Å². The van der Waals surface area contributed by atoms with Crippen molar-refractivity contribution in [3.63, 3.8) is 0 Å². The van der Waals surface area contributed by atoms with Crippen molar-refractivity contribution in [1.29, 1.82) is 0 Å². The summed E-state index contributed by atoms with van der Waals surface area (Å²) < 4.78 is 5.31. The molecule has 6 heteroatoms. The summed E-state index contributed by atoms with van der Waals surface area (Å²) in [5.41, 5.74) is 0.147. The zero-order valence-corrected chi connectivity index (χ0v) is 15.8. The van der Waals surface area contributed by atoms with Gasteiger partial charge < -0.3 is 14.9 Å². The van der Waals surface area contributed by atoms with Gasteiger partial charge >= 0.3 is 11.9 Å². The minimum Gasteiger partial charge on any atom is -0.478 e. The van der Waals surface area contributed by atoms with Crippen LogP contribution in [0.3, 0.4) is 0 Å². The van der Waals surface area contributed by atoms with Crippen molar-refractivity contribution in [2.45, 2.75) is 52.9 Å². The van der Waals surface area contributed by atoms with Gasteiger partial charge in [0.2, 0.25) is 0 Å². The molecule has 1 aliphatic heterocycles. The molecule has 1 heterocycles. The summed E-state index contributed by atoms with van der Waals surface area (Å²) in [5.74, 6) is -1.74. The Bertz CT molecular complexity index is 466. The molecule has 1 unspecified atom stereocenters. The maximum absolute atomic E-state index is 11.6. The third-order valence-corrected chi connectivity index (χ3v) is 5.05. The summed E-state index contributed by atoms with van der Waals surface area (Å²) in [7, 11) is 0. The fourth-order valence-electron chi connectivity index (χ4n) is 2.92. The first-order valence-electron chi connectivity index (χ1n) is 9.31. The second kappa shape index (κ2) is 11.3. The van der Waals surface area contributed by atoms with Gasteiger partial charge in [-0.1, -0.05) is 27.2 Å². The lowest BCUT2D eigenvalue weighted by molar-refractivity contribution is -0.136. The first-order chi connectivity index (χ1) is 11.8. The Balaban J connectivity index is 2.54. The van der Waals surface area contributed by atoms with E-state index in [-0.39, 0.29) is 17.1 Å². The average Bonchev–Trinajstić information content (AvgIpc) is 2.56. The molecule has 0 radical (unpaired) electrons. The van der Waals surface area contributed by atoms with E-state index in [0.717, 1.165) is 45.7 Å². The normalized spacial score (nSPS) is 18.1. The number of unbranched alkanes of at least 4 members (excludes halogenated alkanes) is 2. The Hall–Kier alpha value is -1.40. The van der Waals surface area contributed by atoms with Gasteiger partial charge in [0.25, 0.3) is 0 Å². The van der Waals surface area contributed by atoms with Crippen LogP contribution in [0.5, 0.6) is 0 Å². The Labute approximate surface area is 150 Å². The highest BCUT2D eigenvalue weighted by molar-refractivity contribution is 5.98.